The number of aromatic nitrogens is 1. The van der Waals surface area contributed by atoms with Crippen LogP contribution in [0, 0.1) is 11.6 Å². The smallest absolute Gasteiger partial charge is 0.419 e. The number of hydrogen-bond donors (Lipinski definition) is 3. The molecular formula is C21H13F5N4O3. The van der Waals surface area contributed by atoms with Gasteiger partial charge >= 0.3 is 12.2 Å². The lowest BCUT2D eigenvalue weighted by Gasteiger charge is -2.20. The summed E-state index contributed by atoms with van der Waals surface area (Å²) >= 11 is 0. The number of carbonyl (C=O) groups is 2. The number of nitrogens with zero attached hydrogens (tertiary/aromatic N) is 1. The Labute approximate surface area is 182 Å². The van der Waals surface area contributed by atoms with E-state index in [1.807, 2.05) is 0 Å². The Bertz CT molecular complexity index is 1260. The van der Waals surface area contributed by atoms with E-state index in [0.29, 0.717) is 11.6 Å². The maximum Gasteiger partial charge on any atom is 0.419 e. The molecule has 0 spiro atoms. The maximum absolute atomic E-state index is 14.6. The van der Waals surface area contributed by atoms with Crippen molar-refractivity contribution in [2.75, 3.05) is 10.6 Å². The molecule has 0 bridgehead atoms. The Balaban J connectivity index is 1.53. The number of hydrogen-bond acceptors (Lipinski definition) is 4. The zero-order valence-electron chi connectivity index (χ0n) is 16.4. The highest BCUT2D eigenvalue weighted by Crippen LogP contribution is 2.34. The van der Waals surface area contributed by atoms with Crippen LogP contribution < -0.4 is 20.7 Å². The van der Waals surface area contributed by atoms with Gasteiger partial charge in [0.1, 0.15) is 17.4 Å². The summed E-state index contributed by atoms with van der Waals surface area (Å²) in [5.74, 6) is -3.58. The largest absolute Gasteiger partial charge is 0.454 e. The number of alkyl halides is 3. The van der Waals surface area contributed by atoms with Gasteiger partial charge in [-0.2, -0.15) is 13.2 Å². The molecule has 0 atom stereocenters. The van der Waals surface area contributed by atoms with E-state index in [1.165, 1.54) is 24.4 Å². The van der Waals surface area contributed by atoms with Gasteiger partial charge in [0.25, 0.3) is 5.91 Å². The summed E-state index contributed by atoms with van der Waals surface area (Å²) in [6.07, 6.45) is -3.62. The van der Waals surface area contributed by atoms with Gasteiger partial charge in [-0.05, 0) is 30.3 Å². The molecule has 12 heteroatoms. The Morgan fingerprint density at radius 3 is 2.61 bits per heavy atom. The molecule has 1 aromatic heterocycles. The minimum Gasteiger partial charge on any atom is -0.454 e. The summed E-state index contributed by atoms with van der Waals surface area (Å²) in [6, 6.07) is 6.57. The maximum atomic E-state index is 14.6. The highest BCUT2D eigenvalue weighted by Gasteiger charge is 2.35. The fourth-order valence-electron chi connectivity index (χ4n) is 3.07. The third-order valence-corrected chi connectivity index (χ3v) is 4.63. The molecule has 0 aliphatic carbocycles. The molecule has 0 unspecified atom stereocenters. The summed E-state index contributed by atoms with van der Waals surface area (Å²) in [5, 5.41) is 7.17. The molecule has 7 nitrogen and oxygen atoms in total. The second-order valence-corrected chi connectivity index (χ2v) is 6.81. The molecule has 2 aromatic carbocycles. The average molecular weight is 464 g/mol. The SMILES string of the molecule is O=C1NCc2c(Oc3ccc(NC(=O)c4cccc(C(F)(F)F)c4F)cc3F)ccnc2N1. The number of amides is 3. The van der Waals surface area contributed by atoms with Gasteiger partial charge in [-0.15, -0.1) is 0 Å². The van der Waals surface area contributed by atoms with E-state index < -0.39 is 40.9 Å². The predicted octanol–water partition coefficient (Wildman–Crippen LogP) is 5.06. The van der Waals surface area contributed by atoms with E-state index in [1.54, 1.807) is 0 Å². The van der Waals surface area contributed by atoms with Crippen LogP contribution in [0.5, 0.6) is 11.5 Å². The first-order chi connectivity index (χ1) is 15.6. The molecule has 0 radical (unpaired) electrons. The van der Waals surface area contributed by atoms with Crippen LogP contribution in [-0.4, -0.2) is 16.9 Å². The molecule has 33 heavy (non-hydrogen) atoms. The number of fused-ring (bicyclic) bond motifs is 1. The van der Waals surface area contributed by atoms with Crippen LogP contribution in [0.3, 0.4) is 0 Å². The zero-order valence-corrected chi connectivity index (χ0v) is 16.4. The Kier molecular flexibility index (Phi) is 5.58. The Morgan fingerprint density at radius 1 is 1.09 bits per heavy atom. The third-order valence-electron chi connectivity index (χ3n) is 4.63. The summed E-state index contributed by atoms with van der Waals surface area (Å²) in [4.78, 5) is 27.7. The first-order valence-electron chi connectivity index (χ1n) is 9.30. The minimum atomic E-state index is -4.98. The van der Waals surface area contributed by atoms with Crippen LogP contribution in [-0.2, 0) is 12.7 Å². The molecule has 170 valence electrons. The minimum absolute atomic E-state index is 0.0999. The number of anilines is 2. The van der Waals surface area contributed by atoms with Crippen molar-refractivity contribution in [2.45, 2.75) is 12.7 Å². The van der Waals surface area contributed by atoms with E-state index in [4.69, 9.17) is 4.74 Å². The van der Waals surface area contributed by atoms with Crippen LogP contribution in [0.25, 0.3) is 0 Å². The van der Waals surface area contributed by atoms with Crippen LogP contribution >= 0.6 is 0 Å². The molecule has 0 saturated carbocycles. The fraction of sp³-hybridized carbons (Fsp3) is 0.0952. The van der Waals surface area contributed by atoms with Gasteiger partial charge in [0.15, 0.2) is 11.6 Å². The normalized spacial score (nSPS) is 12.9. The number of urea groups is 1. The van der Waals surface area contributed by atoms with E-state index in [9.17, 15) is 31.5 Å². The number of carbonyl (C=O) groups excluding carboxylic acids is 2. The molecule has 3 aromatic rings. The molecule has 1 aliphatic heterocycles. The molecule has 0 fully saturated rings. The Hall–Kier alpha value is -4.22. The molecule has 1 aliphatic rings. The van der Waals surface area contributed by atoms with Crippen molar-refractivity contribution in [3.05, 3.63) is 77.0 Å². The summed E-state index contributed by atoms with van der Waals surface area (Å²) in [6.45, 7) is 0.0999. The topological polar surface area (TPSA) is 92.4 Å². The van der Waals surface area contributed by atoms with Crippen molar-refractivity contribution in [1.82, 2.24) is 10.3 Å². The molecule has 2 heterocycles. The third kappa shape index (κ3) is 4.54. The lowest BCUT2D eigenvalue weighted by Crippen LogP contribution is -2.34. The van der Waals surface area contributed by atoms with E-state index in [-0.39, 0.29) is 29.5 Å². The average Bonchev–Trinajstić information content (AvgIpc) is 2.74. The van der Waals surface area contributed by atoms with Crippen LogP contribution in [0.2, 0.25) is 0 Å². The van der Waals surface area contributed by atoms with Gasteiger partial charge in [-0.25, -0.2) is 18.6 Å². The van der Waals surface area contributed by atoms with E-state index >= 15 is 0 Å². The van der Waals surface area contributed by atoms with Gasteiger partial charge in [0.2, 0.25) is 0 Å². The van der Waals surface area contributed by atoms with Crippen molar-refractivity contribution in [3.63, 3.8) is 0 Å². The van der Waals surface area contributed by atoms with Crippen molar-refractivity contribution in [3.8, 4) is 11.5 Å². The highest BCUT2D eigenvalue weighted by atomic mass is 19.4. The van der Waals surface area contributed by atoms with Crippen LogP contribution in [0.15, 0.2) is 48.7 Å². The van der Waals surface area contributed by atoms with E-state index in [2.05, 4.69) is 20.9 Å². The number of benzene rings is 2. The quantitative estimate of drug-likeness (QED) is 0.471. The molecule has 3 N–H and O–H groups in total. The zero-order chi connectivity index (χ0) is 23.8. The van der Waals surface area contributed by atoms with Gasteiger partial charge < -0.3 is 15.4 Å². The van der Waals surface area contributed by atoms with Crippen LogP contribution in [0.4, 0.5) is 38.3 Å². The lowest BCUT2D eigenvalue weighted by molar-refractivity contribution is -0.140. The summed E-state index contributed by atoms with van der Waals surface area (Å²) in [5.41, 5.74) is -2.08. The van der Waals surface area contributed by atoms with E-state index in [0.717, 1.165) is 18.2 Å². The monoisotopic (exact) mass is 464 g/mol. The van der Waals surface area contributed by atoms with Crippen LogP contribution in [0.1, 0.15) is 21.5 Å². The first kappa shape index (κ1) is 22.0. The number of rotatable bonds is 4. The Morgan fingerprint density at radius 2 is 1.88 bits per heavy atom. The number of pyridine rings is 1. The number of ether oxygens (including phenoxy) is 1. The molecule has 3 amide bonds. The predicted molar refractivity (Wildman–Crippen MR) is 106 cm³/mol. The van der Waals surface area contributed by atoms with Crippen molar-refractivity contribution in [1.29, 1.82) is 0 Å². The van der Waals surface area contributed by atoms with Gasteiger partial charge in [0.05, 0.1) is 23.2 Å². The summed E-state index contributed by atoms with van der Waals surface area (Å²) < 4.78 is 72.9. The van der Waals surface area contributed by atoms with Crippen molar-refractivity contribution in [2.24, 2.45) is 0 Å². The number of halogens is 5. The highest BCUT2D eigenvalue weighted by molar-refractivity contribution is 6.04. The fourth-order valence-corrected chi connectivity index (χ4v) is 3.07. The van der Waals surface area contributed by atoms with Gasteiger partial charge in [-0.1, -0.05) is 6.07 Å². The van der Waals surface area contributed by atoms with Gasteiger partial charge in [0, 0.05) is 18.0 Å². The molecular weight excluding hydrogens is 451 g/mol. The molecule has 4 rings (SSSR count). The van der Waals surface area contributed by atoms with Crippen molar-refractivity contribution < 1.29 is 36.3 Å². The second-order valence-electron chi connectivity index (χ2n) is 6.81. The standard InChI is InChI=1S/C21H13F5N4O3/c22-14-8-10(29-19(31)11-2-1-3-13(17(11)23)21(24,25)26)4-5-16(14)33-15-6-7-27-18-12(15)9-28-20(32)30-18/h1-8H,9H2,(H,29,31)(H2,27,28,30,32). The first-order valence-corrected chi connectivity index (χ1v) is 9.30. The summed E-state index contributed by atoms with van der Waals surface area (Å²) in [7, 11) is 0. The molecule has 0 saturated heterocycles. The lowest BCUT2D eigenvalue weighted by atomic mass is 10.1. The van der Waals surface area contributed by atoms with Gasteiger partial charge in [-0.3, -0.25) is 10.1 Å². The van der Waals surface area contributed by atoms with Crippen molar-refractivity contribution >= 4 is 23.4 Å². The second kappa shape index (κ2) is 8.37. The number of nitrogens with one attached hydrogen (secondary N) is 3.